The number of benzene rings is 1. The Morgan fingerprint density at radius 1 is 1.22 bits per heavy atom. The minimum atomic E-state index is -0.0512. The molecule has 5 heteroatoms. The monoisotopic (exact) mass is 365 g/mol. The van der Waals surface area contributed by atoms with Crippen molar-refractivity contribution in [3.05, 3.63) is 65.0 Å². The fourth-order valence-corrected chi connectivity index (χ4v) is 3.71. The van der Waals surface area contributed by atoms with Gasteiger partial charge in [0.1, 0.15) is 0 Å². The molecule has 1 aliphatic rings. The molecule has 0 aliphatic carbocycles. The van der Waals surface area contributed by atoms with E-state index in [0.717, 1.165) is 23.4 Å². The van der Waals surface area contributed by atoms with Gasteiger partial charge in [0.15, 0.2) is 0 Å². The van der Waals surface area contributed by atoms with E-state index in [-0.39, 0.29) is 24.3 Å². The van der Waals surface area contributed by atoms with Crippen LogP contribution in [-0.2, 0) is 22.6 Å². The smallest absolute Gasteiger partial charge is 0.242 e. The largest absolute Gasteiger partial charge is 0.338 e. The Hall–Kier alpha value is -2.69. The molecule has 0 bridgehead atoms. The number of hydrogen-bond acceptors (Lipinski definition) is 3. The van der Waals surface area contributed by atoms with Crippen LogP contribution in [0.1, 0.15) is 28.9 Å². The molecule has 1 aromatic carbocycles. The normalized spacial score (nSPS) is 16.6. The van der Waals surface area contributed by atoms with Gasteiger partial charge in [-0.15, -0.1) is 0 Å². The molecule has 3 rings (SSSR count). The molecule has 1 saturated heterocycles. The van der Waals surface area contributed by atoms with E-state index in [2.05, 4.69) is 17.1 Å². The molecule has 1 aliphatic heterocycles. The maximum Gasteiger partial charge on any atom is 0.242 e. The maximum absolute atomic E-state index is 12.6. The Balaban J connectivity index is 1.54. The van der Waals surface area contributed by atoms with Crippen molar-refractivity contribution in [3.63, 3.8) is 0 Å². The summed E-state index contributed by atoms with van der Waals surface area (Å²) >= 11 is 0. The van der Waals surface area contributed by atoms with E-state index >= 15 is 0 Å². The Morgan fingerprint density at radius 2 is 1.96 bits per heavy atom. The summed E-state index contributed by atoms with van der Waals surface area (Å²) in [5.41, 5.74) is 4.20. The molecular weight excluding hydrogens is 338 g/mol. The molecule has 27 heavy (non-hydrogen) atoms. The molecule has 0 unspecified atom stereocenters. The number of aromatic nitrogens is 1. The lowest BCUT2D eigenvalue weighted by atomic mass is 9.99. The Morgan fingerprint density at radius 3 is 2.67 bits per heavy atom. The van der Waals surface area contributed by atoms with Crippen LogP contribution in [0.4, 0.5) is 0 Å². The molecule has 142 valence electrons. The summed E-state index contributed by atoms with van der Waals surface area (Å²) in [4.78, 5) is 32.7. The van der Waals surface area contributed by atoms with Crippen LogP contribution in [0.2, 0.25) is 0 Å². The number of hydrogen-bond donors (Lipinski definition) is 0. The van der Waals surface area contributed by atoms with Crippen molar-refractivity contribution in [2.75, 3.05) is 20.1 Å². The lowest BCUT2D eigenvalue weighted by molar-refractivity contribution is -0.137. The van der Waals surface area contributed by atoms with Crippen molar-refractivity contribution in [2.45, 2.75) is 33.2 Å². The highest BCUT2D eigenvalue weighted by molar-refractivity contribution is 5.86. The number of pyridine rings is 1. The predicted molar refractivity (Wildman–Crippen MR) is 105 cm³/mol. The second-order valence-electron chi connectivity index (χ2n) is 7.56. The van der Waals surface area contributed by atoms with Crippen molar-refractivity contribution >= 4 is 11.8 Å². The number of rotatable bonds is 6. The van der Waals surface area contributed by atoms with E-state index in [1.807, 2.05) is 44.2 Å². The van der Waals surface area contributed by atoms with Crippen molar-refractivity contribution < 1.29 is 9.59 Å². The maximum atomic E-state index is 12.6. The average Bonchev–Trinajstić information content (AvgIpc) is 2.93. The van der Waals surface area contributed by atoms with Gasteiger partial charge in [0.05, 0.1) is 18.8 Å². The van der Waals surface area contributed by atoms with E-state index in [0.29, 0.717) is 19.5 Å². The van der Waals surface area contributed by atoms with E-state index in [1.54, 1.807) is 16.8 Å². The first-order valence-electron chi connectivity index (χ1n) is 9.40. The molecule has 0 N–H and O–H groups in total. The van der Waals surface area contributed by atoms with Crippen LogP contribution in [-0.4, -0.2) is 46.7 Å². The number of amides is 2. The van der Waals surface area contributed by atoms with Crippen LogP contribution >= 0.6 is 0 Å². The molecule has 0 saturated carbocycles. The number of likely N-dealkylation sites (tertiary alicyclic amines) is 1. The summed E-state index contributed by atoms with van der Waals surface area (Å²) in [6.07, 6.45) is 1.39. The third-order valence-corrected chi connectivity index (χ3v) is 4.96. The van der Waals surface area contributed by atoms with Gasteiger partial charge in [0, 0.05) is 25.7 Å². The first-order valence-corrected chi connectivity index (χ1v) is 9.40. The second-order valence-corrected chi connectivity index (χ2v) is 7.56. The number of aryl methyl sites for hydroxylation is 2. The summed E-state index contributed by atoms with van der Waals surface area (Å²) in [5, 5.41) is 0. The van der Waals surface area contributed by atoms with Crippen LogP contribution in [0.25, 0.3) is 0 Å². The first-order chi connectivity index (χ1) is 12.9. The Kier molecular flexibility index (Phi) is 5.89. The first kappa shape index (κ1) is 19.1. The quantitative estimate of drug-likeness (QED) is 0.791. The summed E-state index contributed by atoms with van der Waals surface area (Å²) in [6, 6.07) is 14.2. The minimum absolute atomic E-state index is 0.0512. The average molecular weight is 365 g/mol. The molecule has 2 amide bonds. The van der Waals surface area contributed by atoms with Gasteiger partial charge in [-0.2, -0.15) is 0 Å². The number of nitrogens with zero attached hydrogens (tertiary/aromatic N) is 3. The number of carbonyl (C=O) groups excluding carboxylic acids is 2. The fourth-order valence-electron chi connectivity index (χ4n) is 3.71. The zero-order chi connectivity index (χ0) is 19.4. The van der Waals surface area contributed by atoms with Gasteiger partial charge in [-0.25, -0.2) is 0 Å². The standard InChI is InChI=1S/C22H27N3O2/c1-16-9-17(2)23-20(10-16)14-24(3)22(27)15-25-13-19(12-21(25)26)11-18-7-5-4-6-8-18/h4-10,19H,11-15H2,1-3H3/t19-/m1/s1. The molecule has 1 fully saturated rings. The molecule has 0 radical (unpaired) electrons. The molecule has 0 spiro atoms. The van der Waals surface area contributed by atoms with Crippen molar-refractivity contribution in [3.8, 4) is 0 Å². The number of carbonyl (C=O) groups is 2. The van der Waals surface area contributed by atoms with Gasteiger partial charge in [-0.3, -0.25) is 14.6 Å². The third kappa shape index (κ3) is 5.16. The van der Waals surface area contributed by atoms with Crippen molar-refractivity contribution in [1.82, 2.24) is 14.8 Å². The van der Waals surface area contributed by atoms with Crippen LogP contribution in [0.5, 0.6) is 0 Å². The van der Waals surface area contributed by atoms with Crippen molar-refractivity contribution in [1.29, 1.82) is 0 Å². The summed E-state index contributed by atoms with van der Waals surface area (Å²) in [7, 11) is 1.77. The van der Waals surface area contributed by atoms with Crippen LogP contribution in [0.15, 0.2) is 42.5 Å². The summed E-state index contributed by atoms with van der Waals surface area (Å²) in [5.74, 6) is 0.297. The molecule has 5 nitrogen and oxygen atoms in total. The fraction of sp³-hybridized carbons (Fsp3) is 0.409. The Labute approximate surface area is 161 Å². The van der Waals surface area contributed by atoms with Crippen LogP contribution < -0.4 is 0 Å². The van der Waals surface area contributed by atoms with Crippen molar-refractivity contribution in [2.24, 2.45) is 5.92 Å². The van der Waals surface area contributed by atoms with Gasteiger partial charge >= 0.3 is 0 Å². The highest BCUT2D eigenvalue weighted by Gasteiger charge is 2.31. The van der Waals surface area contributed by atoms with Gasteiger partial charge in [0.25, 0.3) is 0 Å². The lowest BCUT2D eigenvalue weighted by Gasteiger charge is -2.22. The minimum Gasteiger partial charge on any atom is -0.338 e. The molecule has 2 aromatic rings. The van der Waals surface area contributed by atoms with E-state index in [1.165, 1.54) is 5.56 Å². The Bertz CT molecular complexity index is 799. The van der Waals surface area contributed by atoms with Gasteiger partial charge in [0.2, 0.25) is 11.8 Å². The van der Waals surface area contributed by atoms with E-state index in [9.17, 15) is 9.59 Å². The van der Waals surface area contributed by atoms with E-state index in [4.69, 9.17) is 0 Å². The molecule has 2 heterocycles. The zero-order valence-corrected chi connectivity index (χ0v) is 16.3. The summed E-state index contributed by atoms with van der Waals surface area (Å²) in [6.45, 7) is 5.22. The number of likely N-dealkylation sites (N-methyl/N-ethyl adjacent to an activating group) is 1. The van der Waals surface area contributed by atoms with Gasteiger partial charge in [-0.05, 0) is 49.4 Å². The van der Waals surface area contributed by atoms with Gasteiger partial charge < -0.3 is 9.80 Å². The highest BCUT2D eigenvalue weighted by Crippen LogP contribution is 2.22. The van der Waals surface area contributed by atoms with Gasteiger partial charge in [-0.1, -0.05) is 30.3 Å². The van der Waals surface area contributed by atoms with E-state index < -0.39 is 0 Å². The lowest BCUT2D eigenvalue weighted by Crippen LogP contribution is -2.39. The summed E-state index contributed by atoms with van der Waals surface area (Å²) < 4.78 is 0. The van der Waals surface area contributed by atoms with Crippen LogP contribution in [0, 0.1) is 19.8 Å². The highest BCUT2D eigenvalue weighted by atomic mass is 16.2. The molecular formula is C22H27N3O2. The topological polar surface area (TPSA) is 53.5 Å². The molecule has 1 aromatic heterocycles. The third-order valence-electron chi connectivity index (χ3n) is 4.96. The zero-order valence-electron chi connectivity index (χ0n) is 16.3. The second kappa shape index (κ2) is 8.33. The SMILES string of the molecule is Cc1cc(C)nc(CN(C)C(=O)CN2C[C@H](Cc3ccccc3)CC2=O)c1. The predicted octanol–water partition coefficient (Wildman–Crippen LogP) is 2.75. The van der Waals surface area contributed by atoms with Crippen LogP contribution in [0.3, 0.4) is 0 Å². The molecule has 1 atom stereocenters.